The lowest BCUT2D eigenvalue weighted by atomic mass is 10.1. The van der Waals surface area contributed by atoms with Crippen LogP contribution in [0.1, 0.15) is 15.9 Å². The van der Waals surface area contributed by atoms with Crippen molar-refractivity contribution in [2.24, 2.45) is 5.14 Å². The van der Waals surface area contributed by atoms with Gasteiger partial charge in [-0.15, -0.1) is 0 Å². The molecule has 5 nitrogen and oxygen atoms in total. The topological polar surface area (TPSA) is 89.3 Å². The summed E-state index contributed by atoms with van der Waals surface area (Å²) in [5.41, 5.74) is 1.26. The van der Waals surface area contributed by atoms with E-state index < -0.39 is 10.0 Å². The highest BCUT2D eigenvalue weighted by Gasteiger charge is 2.09. The molecule has 8 heteroatoms. The molecule has 0 fully saturated rings. The van der Waals surface area contributed by atoms with Crippen molar-refractivity contribution >= 4 is 39.1 Å². The van der Waals surface area contributed by atoms with E-state index in [9.17, 15) is 13.2 Å². The highest BCUT2D eigenvalue weighted by Crippen LogP contribution is 2.19. The average Bonchev–Trinajstić information content (AvgIpc) is 2.45. The number of rotatable bonds is 5. The zero-order valence-corrected chi connectivity index (χ0v) is 14.3. The van der Waals surface area contributed by atoms with E-state index in [-0.39, 0.29) is 10.8 Å². The Bertz CT molecular complexity index is 801. The Morgan fingerprint density at radius 3 is 2.13 bits per heavy atom. The van der Waals surface area contributed by atoms with Crippen LogP contribution in [-0.2, 0) is 16.4 Å². The molecule has 0 saturated heterocycles. The van der Waals surface area contributed by atoms with Crippen LogP contribution in [0.4, 0.5) is 0 Å². The van der Waals surface area contributed by atoms with Gasteiger partial charge in [-0.1, -0.05) is 35.3 Å². The molecule has 0 spiro atoms. The van der Waals surface area contributed by atoms with E-state index in [0.29, 0.717) is 28.6 Å². The molecular formula is C15H14Cl2N2O3S. The Kier molecular flexibility index (Phi) is 5.64. The van der Waals surface area contributed by atoms with Crippen LogP contribution in [0.5, 0.6) is 0 Å². The molecule has 122 valence electrons. The minimum absolute atomic E-state index is 0.0545. The SMILES string of the molecule is NS(=O)(=O)c1ccc(CCNC(=O)c2cc(Cl)cc(Cl)c2)cc1. The third kappa shape index (κ3) is 5.21. The number of benzene rings is 2. The number of hydrogen-bond acceptors (Lipinski definition) is 3. The third-order valence-corrected chi connectivity index (χ3v) is 4.44. The average molecular weight is 373 g/mol. The number of carbonyl (C=O) groups is 1. The monoisotopic (exact) mass is 372 g/mol. The Balaban J connectivity index is 1.93. The van der Waals surface area contributed by atoms with E-state index in [4.69, 9.17) is 28.3 Å². The summed E-state index contributed by atoms with van der Waals surface area (Å²) in [5.74, 6) is -0.282. The van der Waals surface area contributed by atoms with E-state index in [2.05, 4.69) is 5.32 Å². The van der Waals surface area contributed by atoms with Crippen LogP contribution in [0.15, 0.2) is 47.4 Å². The van der Waals surface area contributed by atoms with E-state index in [1.807, 2.05) is 0 Å². The van der Waals surface area contributed by atoms with Gasteiger partial charge in [0.1, 0.15) is 0 Å². The minimum Gasteiger partial charge on any atom is -0.352 e. The quantitative estimate of drug-likeness (QED) is 0.844. The van der Waals surface area contributed by atoms with Crippen LogP contribution >= 0.6 is 23.2 Å². The summed E-state index contributed by atoms with van der Waals surface area (Å²) in [5, 5.41) is 8.56. The molecule has 0 heterocycles. The van der Waals surface area contributed by atoms with Gasteiger partial charge in [-0.3, -0.25) is 4.79 Å². The fraction of sp³-hybridized carbons (Fsp3) is 0.133. The lowest BCUT2D eigenvalue weighted by molar-refractivity contribution is 0.0954. The van der Waals surface area contributed by atoms with Gasteiger partial charge >= 0.3 is 0 Å². The highest BCUT2D eigenvalue weighted by molar-refractivity contribution is 7.89. The predicted octanol–water partition coefficient (Wildman–Crippen LogP) is 2.61. The largest absolute Gasteiger partial charge is 0.352 e. The minimum atomic E-state index is -3.69. The van der Waals surface area contributed by atoms with Gasteiger partial charge in [0.2, 0.25) is 10.0 Å². The van der Waals surface area contributed by atoms with Crippen LogP contribution in [0.3, 0.4) is 0 Å². The number of sulfonamides is 1. The van der Waals surface area contributed by atoms with E-state index >= 15 is 0 Å². The summed E-state index contributed by atoms with van der Waals surface area (Å²) in [6.07, 6.45) is 0.547. The highest BCUT2D eigenvalue weighted by atomic mass is 35.5. The Morgan fingerprint density at radius 1 is 1.04 bits per heavy atom. The summed E-state index contributed by atoms with van der Waals surface area (Å²) in [6.45, 7) is 0.387. The van der Waals surface area contributed by atoms with Crippen LogP contribution < -0.4 is 10.5 Å². The molecule has 0 saturated carbocycles. The Labute approximate surface area is 144 Å². The van der Waals surface area contributed by atoms with E-state index in [0.717, 1.165) is 5.56 Å². The first kappa shape index (κ1) is 17.7. The summed E-state index contributed by atoms with van der Waals surface area (Å²) in [4.78, 5) is 12.1. The van der Waals surface area contributed by atoms with Gasteiger partial charge in [-0.2, -0.15) is 0 Å². The summed E-state index contributed by atoms with van der Waals surface area (Å²) in [6, 6.07) is 10.8. The molecule has 0 unspecified atom stereocenters. The molecule has 1 amide bonds. The number of carbonyl (C=O) groups excluding carboxylic acids is 1. The third-order valence-electron chi connectivity index (χ3n) is 3.08. The lowest BCUT2D eigenvalue weighted by Crippen LogP contribution is -2.25. The van der Waals surface area contributed by atoms with Crippen LogP contribution in [0, 0.1) is 0 Å². The van der Waals surface area contributed by atoms with Crippen LogP contribution in [0.25, 0.3) is 0 Å². The molecule has 0 aliphatic carbocycles. The number of amides is 1. The maximum absolute atomic E-state index is 12.0. The second kappa shape index (κ2) is 7.31. The van der Waals surface area contributed by atoms with Crippen molar-refractivity contribution in [3.05, 3.63) is 63.6 Å². The maximum atomic E-state index is 12.0. The lowest BCUT2D eigenvalue weighted by Gasteiger charge is -2.07. The van der Waals surface area contributed by atoms with Crippen LogP contribution in [0.2, 0.25) is 10.0 Å². The first-order valence-electron chi connectivity index (χ1n) is 6.62. The molecule has 23 heavy (non-hydrogen) atoms. The second-order valence-corrected chi connectivity index (χ2v) is 7.29. The zero-order chi connectivity index (χ0) is 17.0. The van der Waals surface area contributed by atoms with Crippen molar-refractivity contribution in [2.45, 2.75) is 11.3 Å². The van der Waals surface area contributed by atoms with Crippen molar-refractivity contribution in [3.63, 3.8) is 0 Å². The molecule has 0 aliphatic rings. The fourth-order valence-electron chi connectivity index (χ4n) is 1.95. The fourth-order valence-corrected chi connectivity index (χ4v) is 2.99. The zero-order valence-electron chi connectivity index (χ0n) is 11.9. The molecule has 0 atom stereocenters. The smallest absolute Gasteiger partial charge is 0.251 e. The summed E-state index contributed by atoms with van der Waals surface area (Å²) >= 11 is 11.7. The number of nitrogens with two attached hydrogens (primary N) is 1. The molecule has 3 N–H and O–H groups in total. The summed E-state index contributed by atoms with van der Waals surface area (Å²) < 4.78 is 22.3. The number of nitrogens with one attached hydrogen (secondary N) is 1. The van der Waals surface area contributed by atoms with Crippen molar-refractivity contribution < 1.29 is 13.2 Å². The molecule has 0 radical (unpaired) electrons. The Morgan fingerprint density at radius 2 is 1.61 bits per heavy atom. The van der Waals surface area contributed by atoms with Gasteiger partial charge < -0.3 is 5.32 Å². The molecule has 0 bridgehead atoms. The molecular weight excluding hydrogens is 359 g/mol. The normalized spacial score (nSPS) is 11.3. The first-order chi connectivity index (χ1) is 10.8. The van der Waals surface area contributed by atoms with Gasteiger partial charge in [0.25, 0.3) is 5.91 Å². The van der Waals surface area contributed by atoms with Gasteiger partial charge in [0.05, 0.1) is 4.90 Å². The van der Waals surface area contributed by atoms with Gasteiger partial charge in [0, 0.05) is 22.2 Å². The standard InChI is InChI=1S/C15H14Cl2N2O3S/c16-12-7-11(8-13(17)9-12)15(20)19-6-5-10-1-3-14(4-2-10)23(18,21)22/h1-4,7-9H,5-6H2,(H,19,20)(H2,18,21,22). The van der Waals surface area contributed by atoms with Gasteiger partial charge in [-0.05, 0) is 42.3 Å². The van der Waals surface area contributed by atoms with Gasteiger partial charge in [0.15, 0.2) is 0 Å². The second-order valence-electron chi connectivity index (χ2n) is 4.85. The van der Waals surface area contributed by atoms with Crippen molar-refractivity contribution in [1.29, 1.82) is 0 Å². The Hall–Kier alpha value is -1.60. The van der Waals surface area contributed by atoms with E-state index in [1.54, 1.807) is 18.2 Å². The number of primary sulfonamides is 1. The first-order valence-corrected chi connectivity index (χ1v) is 8.92. The molecule has 0 aliphatic heterocycles. The van der Waals surface area contributed by atoms with Gasteiger partial charge in [-0.25, -0.2) is 13.6 Å². The van der Waals surface area contributed by atoms with E-state index in [1.165, 1.54) is 24.3 Å². The van der Waals surface area contributed by atoms with Crippen LogP contribution in [-0.4, -0.2) is 20.9 Å². The molecule has 2 aromatic carbocycles. The number of halogens is 2. The molecule has 0 aromatic heterocycles. The molecule has 2 aromatic rings. The van der Waals surface area contributed by atoms with Crippen molar-refractivity contribution in [3.8, 4) is 0 Å². The predicted molar refractivity (Wildman–Crippen MR) is 90.3 cm³/mol. The van der Waals surface area contributed by atoms with Crippen molar-refractivity contribution in [2.75, 3.05) is 6.54 Å². The summed E-state index contributed by atoms with van der Waals surface area (Å²) in [7, 11) is -3.69. The molecule has 2 rings (SSSR count). The number of hydrogen-bond donors (Lipinski definition) is 2. The van der Waals surface area contributed by atoms with Crippen molar-refractivity contribution in [1.82, 2.24) is 5.32 Å². The maximum Gasteiger partial charge on any atom is 0.251 e.